The van der Waals surface area contributed by atoms with Crippen LogP contribution in [0.25, 0.3) is 0 Å². The van der Waals surface area contributed by atoms with Crippen LogP contribution in [0.15, 0.2) is 29.2 Å². The molecule has 66 valence electrons. The van der Waals surface area contributed by atoms with Gasteiger partial charge in [-0.3, -0.25) is 0 Å². The number of hydrogen-bond donors (Lipinski definition) is 1. The predicted molar refractivity (Wildman–Crippen MR) is 53.7 cm³/mol. The SMILES string of the molecule is CC[C@@H](OC)c1cccc(S)c1. The Hall–Kier alpha value is -0.470. The summed E-state index contributed by atoms with van der Waals surface area (Å²) in [5, 5.41) is 0. The fourth-order valence-corrected chi connectivity index (χ4v) is 1.50. The monoisotopic (exact) mass is 182 g/mol. The van der Waals surface area contributed by atoms with Gasteiger partial charge in [0.2, 0.25) is 0 Å². The average Bonchev–Trinajstić information content (AvgIpc) is 2.07. The molecule has 1 atom stereocenters. The minimum Gasteiger partial charge on any atom is -0.377 e. The van der Waals surface area contributed by atoms with E-state index in [2.05, 4.69) is 25.6 Å². The van der Waals surface area contributed by atoms with Crippen molar-refractivity contribution in [3.63, 3.8) is 0 Å². The predicted octanol–water partition coefficient (Wildman–Crippen LogP) is 3.07. The third-order valence-electron chi connectivity index (χ3n) is 1.90. The number of benzene rings is 1. The maximum Gasteiger partial charge on any atom is 0.0818 e. The van der Waals surface area contributed by atoms with Gasteiger partial charge in [-0.2, -0.15) is 0 Å². The van der Waals surface area contributed by atoms with Crippen molar-refractivity contribution in [2.24, 2.45) is 0 Å². The van der Waals surface area contributed by atoms with Crippen molar-refractivity contribution in [2.45, 2.75) is 24.3 Å². The Morgan fingerprint density at radius 2 is 2.25 bits per heavy atom. The zero-order chi connectivity index (χ0) is 8.97. The van der Waals surface area contributed by atoms with Crippen LogP contribution >= 0.6 is 12.6 Å². The van der Waals surface area contributed by atoms with Crippen LogP contribution in [0.4, 0.5) is 0 Å². The number of rotatable bonds is 3. The number of hydrogen-bond acceptors (Lipinski definition) is 2. The fourth-order valence-electron chi connectivity index (χ4n) is 1.26. The molecule has 12 heavy (non-hydrogen) atoms. The van der Waals surface area contributed by atoms with Gasteiger partial charge in [0.05, 0.1) is 6.10 Å². The van der Waals surface area contributed by atoms with Crippen LogP contribution in [0.1, 0.15) is 25.0 Å². The fraction of sp³-hybridized carbons (Fsp3) is 0.400. The van der Waals surface area contributed by atoms with E-state index in [1.807, 2.05) is 18.2 Å². The number of methoxy groups -OCH3 is 1. The first kappa shape index (κ1) is 9.62. The smallest absolute Gasteiger partial charge is 0.0818 e. The van der Waals surface area contributed by atoms with Crippen LogP contribution in [0, 0.1) is 0 Å². The molecule has 0 spiro atoms. The lowest BCUT2D eigenvalue weighted by Gasteiger charge is -2.13. The quantitative estimate of drug-likeness (QED) is 0.707. The van der Waals surface area contributed by atoms with Gasteiger partial charge in [0, 0.05) is 12.0 Å². The third kappa shape index (κ3) is 2.26. The highest BCUT2D eigenvalue weighted by molar-refractivity contribution is 7.80. The van der Waals surface area contributed by atoms with Gasteiger partial charge in [-0.1, -0.05) is 19.1 Å². The van der Waals surface area contributed by atoms with Crippen LogP contribution in [0.3, 0.4) is 0 Å². The molecule has 0 heterocycles. The first-order chi connectivity index (χ1) is 5.77. The molecule has 1 aromatic carbocycles. The van der Waals surface area contributed by atoms with Crippen molar-refractivity contribution >= 4 is 12.6 Å². The zero-order valence-corrected chi connectivity index (χ0v) is 8.34. The molecule has 0 aromatic heterocycles. The minimum absolute atomic E-state index is 0.206. The summed E-state index contributed by atoms with van der Waals surface area (Å²) >= 11 is 4.27. The van der Waals surface area contributed by atoms with Crippen molar-refractivity contribution in [2.75, 3.05) is 7.11 Å². The summed E-state index contributed by atoms with van der Waals surface area (Å²) in [5.74, 6) is 0. The normalized spacial score (nSPS) is 12.9. The lowest BCUT2D eigenvalue weighted by Crippen LogP contribution is -1.98. The molecule has 0 amide bonds. The Balaban J connectivity index is 2.85. The van der Waals surface area contributed by atoms with E-state index in [1.165, 1.54) is 5.56 Å². The van der Waals surface area contributed by atoms with Gasteiger partial charge in [-0.15, -0.1) is 12.6 Å². The molecule has 0 aliphatic heterocycles. The van der Waals surface area contributed by atoms with Gasteiger partial charge in [0.1, 0.15) is 0 Å². The van der Waals surface area contributed by atoms with Crippen molar-refractivity contribution in [3.05, 3.63) is 29.8 Å². The van der Waals surface area contributed by atoms with Gasteiger partial charge in [0.25, 0.3) is 0 Å². The first-order valence-electron chi connectivity index (χ1n) is 4.09. The molecule has 2 heteroatoms. The van der Waals surface area contributed by atoms with Crippen LogP contribution < -0.4 is 0 Å². The molecule has 0 fully saturated rings. The molecule has 0 radical (unpaired) electrons. The van der Waals surface area contributed by atoms with Crippen molar-refractivity contribution in [3.8, 4) is 0 Å². The maximum atomic E-state index is 5.31. The summed E-state index contributed by atoms with van der Waals surface area (Å²) < 4.78 is 5.31. The van der Waals surface area contributed by atoms with Crippen molar-refractivity contribution in [1.29, 1.82) is 0 Å². The van der Waals surface area contributed by atoms with E-state index in [0.717, 1.165) is 11.3 Å². The second-order valence-corrected chi connectivity index (χ2v) is 3.24. The van der Waals surface area contributed by atoms with Gasteiger partial charge < -0.3 is 4.74 Å². The molecule has 1 aromatic rings. The Kier molecular flexibility index (Phi) is 3.63. The van der Waals surface area contributed by atoms with E-state index >= 15 is 0 Å². The second kappa shape index (κ2) is 4.53. The third-order valence-corrected chi connectivity index (χ3v) is 2.18. The summed E-state index contributed by atoms with van der Waals surface area (Å²) in [4.78, 5) is 0.989. The summed E-state index contributed by atoms with van der Waals surface area (Å²) in [6.45, 7) is 2.11. The van der Waals surface area contributed by atoms with Crippen LogP contribution in [-0.4, -0.2) is 7.11 Å². The molecule has 0 saturated heterocycles. The van der Waals surface area contributed by atoms with Crippen LogP contribution in [0.5, 0.6) is 0 Å². The molecule has 1 nitrogen and oxygen atoms in total. The maximum absolute atomic E-state index is 5.31. The van der Waals surface area contributed by atoms with Gasteiger partial charge in [-0.05, 0) is 24.1 Å². The van der Waals surface area contributed by atoms with Crippen LogP contribution in [-0.2, 0) is 4.74 Å². The summed E-state index contributed by atoms with van der Waals surface area (Å²) in [7, 11) is 1.74. The topological polar surface area (TPSA) is 9.23 Å². The first-order valence-corrected chi connectivity index (χ1v) is 4.54. The summed E-state index contributed by atoms with van der Waals surface area (Å²) in [6.07, 6.45) is 1.20. The van der Waals surface area contributed by atoms with Gasteiger partial charge in [0.15, 0.2) is 0 Å². The molecule has 0 bridgehead atoms. The second-order valence-electron chi connectivity index (χ2n) is 2.73. The highest BCUT2D eigenvalue weighted by Gasteiger charge is 2.06. The molecule has 1 rings (SSSR count). The lowest BCUT2D eigenvalue weighted by molar-refractivity contribution is 0.0999. The number of ether oxygens (including phenoxy) is 1. The van der Waals surface area contributed by atoms with E-state index in [1.54, 1.807) is 7.11 Å². The Morgan fingerprint density at radius 1 is 1.50 bits per heavy atom. The molecular formula is C10H14OS. The molecule has 0 unspecified atom stereocenters. The Labute approximate surface area is 79.2 Å². The molecular weight excluding hydrogens is 168 g/mol. The summed E-state index contributed by atoms with van der Waals surface area (Å²) in [5.41, 5.74) is 1.20. The molecule has 0 saturated carbocycles. The number of thiol groups is 1. The summed E-state index contributed by atoms with van der Waals surface area (Å²) in [6, 6.07) is 8.08. The Bertz CT molecular complexity index is 243. The molecule has 0 N–H and O–H groups in total. The highest BCUT2D eigenvalue weighted by atomic mass is 32.1. The largest absolute Gasteiger partial charge is 0.377 e. The van der Waals surface area contributed by atoms with Gasteiger partial charge >= 0.3 is 0 Å². The lowest BCUT2D eigenvalue weighted by atomic mass is 10.1. The van der Waals surface area contributed by atoms with Crippen LogP contribution in [0.2, 0.25) is 0 Å². The van der Waals surface area contributed by atoms with E-state index in [-0.39, 0.29) is 6.10 Å². The average molecular weight is 182 g/mol. The minimum atomic E-state index is 0.206. The van der Waals surface area contributed by atoms with Crippen molar-refractivity contribution in [1.82, 2.24) is 0 Å². The van der Waals surface area contributed by atoms with Crippen molar-refractivity contribution < 1.29 is 4.74 Å². The molecule has 0 aliphatic carbocycles. The van der Waals surface area contributed by atoms with E-state index in [0.29, 0.717) is 0 Å². The van der Waals surface area contributed by atoms with E-state index < -0.39 is 0 Å². The van der Waals surface area contributed by atoms with Gasteiger partial charge in [-0.25, -0.2) is 0 Å². The van der Waals surface area contributed by atoms with E-state index in [4.69, 9.17) is 4.74 Å². The Morgan fingerprint density at radius 3 is 2.75 bits per heavy atom. The zero-order valence-electron chi connectivity index (χ0n) is 7.45. The highest BCUT2D eigenvalue weighted by Crippen LogP contribution is 2.21. The standard InChI is InChI=1S/C10H14OS/c1-3-10(11-2)8-5-4-6-9(12)7-8/h4-7,10,12H,3H2,1-2H3/t10-/m1/s1. The molecule has 0 aliphatic rings. The van der Waals surface area contributed by atoms with E-state index in [9.17, 15) is 0 Å².